The van der Waals surface area contributed by atoms with E-state index in [9.17, 15) is 14.4 Å². The van der Waals surface area contributed by atoms with Gasteiger partial charge >= 0.3 is 17.9 Å². The molecule has 0 amide bonds. The van der Waals surface area contributed by atoms with Gasteiger partial charge in [0.25, 0.3) is 0 Å². The number of rotatable bonds is 62. The number of carbonyl (C=O) groups excluding carboxylic acids is 3. The molecule has 0 rings (SSSR count). The summed E-state index contributed by atoms with van der Waals surface area (Å²) in [6.45, 7) is 6.62. The van der Waals surface area contributed by atoms with E-state index in [1.165, 1.54) is 263 Å². The first kappa shape index (κ1) is 71.9. The highest BCUT2D eigenvalue weighted by molar-refractivity contribution is 5.71. The van der Waals surface area contributed by atoms with Gasteiger partial charge in [-0.25, -0.2) is 0 Å². The van der Waals surface area contributed by atoms with Gasteiger partial charge in [-0.15, -0.1) is 0 Å². The van der Waals surface area contributed by atoms with Crippen molar-refractivity contribution in [2.75, 3.05) is 13.2 Å². The molecule has 0 saturated heterocycles. The van der Waals surface area contributed by atoms with Crippen LogP contribution in [0.5, 0.6) is 0 Å². The Kier molecular flexibility index (Phi) is 61.6. The van der Waals surface area contributed by atoms with Gasteiger partial charge < -0.3 is 14.2 Å². The van der Waals surface area contributed by atoms with Crippen LogP contribution < -0.4 is 0 Å². The zero-order valence-corrected chi connectivity index (χ0v) is 50.1. The highest BCUT2D eigenvalue weighted by Crippen LogP contribution is 2.18. The van der Waals surface area contributed by atoms with E-state index >= 15 is 0 Å². The van der Waals surface area contributed by atoms with Gasteiger partial charge in [-0.1, -0.05) is 315 Å². The summed E-state index contributed by atoms with van der Waals surface area (Å²) in [4.78, 5) is 38.1. The quantitative estimate of drug-likeness (QED) is 0.0261. The van der Waals surface area contributed by atoms with Crippen molar-refractivity contribution in [2.45, 2.75) is 380 Å². The van der Waals surface area contributed by atoms with Crippen LogP contribution in [0, 0.1) is 0 Å². The second-order valence-electron chi connectivity index (χ2n) is 22.7. The van der Waals surface area contributed by atoms with E-state index in [-0.39, 0.29) is 31.1 Å². The van der Waals surface area contributed by atoms with Crippen molar-refractivity contribution in [3.63, 3.8) is 0 Å². The smallest absolute Gasteiger partial charge is 0.306 e. The number of ether oxygens (including phenoxy) is 3. The summed E-state index contributed by atoms with van der Waals surface area (Å²) in [5.41, 5.74) is 0. The number of hydrogen-bond donors (Lipinski definition) is 0. The summed E-state index contributed by atoms with van der Waals surface area (Å²) in [6, 6.07) is 0. The number of hydrogen-bond acceptors (Lipinski definition) is 6. The van der Waals surface area contributed by atoms with E-state index in [1.54, 1.807) is 0 Å². The fraction of sp³-hybridized carbons (Fsp3) is 0.897. The van der Waals surface area contributed by atoms with Crippen LogP contribution in [0.25, 0.3) is 0 Å². The van der Waals surface area contributed by atoms with Gasteiger partial charge in [-0.3, -0.25) is 14.4 Å². The lowest BCUT2D eigenvalue weighted by Crippen LogP contribution is -2.30. The number of unbranched alkanes of at least 4 members (excludes halogenated alkanes) is 47. The van der Waals surface area contributed by atoms with Gasteiger partial charge in [0, 0.05) is 19.3 Å². The molecule has 1 unspecified atom stereocenters. The largest absolute Gasteiger partial charge is 0.462 e. The normalized spacial score (nSPS) is 12.1. The fourth-order valence-electron chi connectivity index (χ4n) is 10.2. The third-order valence-corrected chi connectivity index (χ3v) is 15.2. The van der Waals surface area contributed by atoms with Gasteiger partial charge in [-0.2, -0.15) is 0 Å². The Morgan fingerprint density at radius 2 is 0.473 bits per heavy atom. The molecule has 0 bridgehead atoms. The van der Waals surface area contributed by atoms with Gasteiger partial charge in [0.05, 0.1) is 0 Å². The molecule has 0 saturated carbocycles. The minimum absolute atomic E-state index is 0.0680. The van der Waals surface area contributed by atoms with Gasteiger partial charge in [0.2, 0.25) is 0 Å². The maximum Gasteiger partial charge on any atom is 0.306 e. The molecule has 0 aromatic rings. The molecule has 74 heavy (non-hydrogen) atoms. The number of allylic oxidation sites excluding steroid dienone is 4. The van der Waals surface area contributed by atoms with Crippen LogP contribution >= 0.6 is 0 Å². The maximum absolute atomic E-state index is 12.8. The SMILES string of the molecule is CCC/C=C\CCCCCCCC(=O)OCC(COC(=O)CCCCCCCCCCCCCCCCCCCCCCC/C=C\CCCCCCCCCC)OC(=O)CCCCCCCCCCCCCCC. The molecule has 0 spiro atoms. The average Bonchev–Trinajstić information content (AvgIpc) is 3.40. The molecule has 0 aliphatic heterocycles. The van der Waals surface area contributed by atoms with Crippen molar-refractivity contribution in [3.8, 4) is 0 Å². The predicted molar refractivity (Wildman–Crippen MR) is 321 cm³/mol. The summed E-state index contributed by atoms with van der Waals surface area (Å²) in [7, 11) is 0. The second-order valence-corrected chi connectivity index (χ2v) is 22.7. The lowest BCUT2D eigenvalue weighted by atomic mass is 10.0. The molecule has 0 aromatic heterocycles. The molecular weight excluding hydrogens is 913 g/mol. The summed E-state index contributed by atoms with van der Waals surface area (Å²) < 4.78 is 16.9. The standard InChI is InChI=1S/C68H128O6/c1-4-7-10-13-16-19-22-24-25-26-27-28-29-30-31-32-33-34-35-36-37-38-39-40-41-42-43-45-46-49-52-55-58-61-67(70)73-64-65(63-72-66(69)60-57-54-51-48-21-18-15-12-9-6-3)74-68(71)62-59-56-53-50-47-44-23-20-17-14-11-8-5-2/h12,15,26-27,65H,4-11,13-14,16-25,28-64H2,1-3H3/b15-12-,27-26-. The third-order valence-electron chi connectivity index (χ3n) is 15.2. The molecule has 0 radical (unpaired) electrons. The van der Waals surface area contributed by atoms with Gasteiger partial charge in [0.1, 0.15) is 13.2 Å². The zero-order valence-electron chi connectivity index (χ0n) is 50.1. The van der Waals surface area contributed by atoms with E-state index in [0.717, 1.165) is 70.6 Å². The molecule has 0 N–H and O–H groups in total. The molecular formula is C68H128O6. The molecule has 0 heterocycles. The first-order chi connectivity index (χ1) is 36.5. The van der Waals surface area contributed by atoms with E-state index < -0.39 is 6.10 Å². The Bertz CT molecular complexity index is 1190. The number of carbonyl (C=O) groups is 3. The van der Waals surface area contributed by atoms with Gasteiger partial charge in [-0.05, 0) is 64.2 Å². The van der Waals surface area contributed by atoms with Crippen LogP contribution in [-0.4, -0.2) is 37.2 Å². The Balaban J connectivity index is 3.98. The van der Waals surface area contributed by atoms with Crippen LogP contribution in [0.4, 0.5) is 0 Å². The molecule has 0 aliphatic rings. The van der Waals surface area contributed by atoms with E-state index in [2.05, 4.69) is 45.1 Å². The fourth-order valence-corrected chi connectivity index (χ4v) is 10.2. The highest BCUT2D eigenvalue weighted by atomic mass is 16.6. The van der Waals surface area contributed by atoms with Crippen molar-refractivity contribution in [2.24, 2.45) is 0 Å². The van der Waals surface area contributed by atoms with E-state index in [0.29, 0.717) is 19.3 Å². The second kappa shape index (κ2) is 63.4. The molecule has 0 aliphatic carbocycles. The Hall–Kier alpha value is -2.11. The summed E-state index contributed by atoms with van der Waals surface area (Å²) >= 11 is 0. The first-order valence-electron chi connectivity index (χ1n) is 33.3. The first-order valence-corrected chi connectivity index (χ1v) is 33.3. The van der Waals surface area contributed by atoms with Crippen LogP contribution in [0.3, 0.4) is 0 Å². The van der Waals surface area contributed by atoms with Gasteiger partial charge in [0.15, 0.2) is 6.10 Å². The third kappa shape index (κ3) is 60.8. The van der Waals surface area contributed by atoms with Crippen LogP contribution in [0.15, 0.2) is 24.3 Å². The van der Waals surface area contributed by atoms with Crippen molar-refractivity contribution >= 4 is 17.9 Å². The van der Waals surface area contributed by atoms with Crippen molar-refractivity contribution in [3.05, 3.63) is 24.3 Å². The Morgan fingerprint density at radius 3 is 0.730 bits per heavy atom. The molecule has 1 atom stereocenters. The maximum atomic E-state index is 12.8. The van der Waals surface area contributed by atoms with Crippen LogP contribution in [0.1, 0.15) is 374 Å². The minimum atomic E-state index is -0.769. The minimum Gasteiger partial charge on any atom is -0.462 e. The average molecular weight is 1040 g/mol. The van der Waals surface area contributed by atoms with Crippen molar-refractivity contribution in [1.29, 1.82) is 0 Å². The highest BCUT2D eigenvalue weighted by Gasteiger charge is 2.19. The molecule has 6 nitrogen and oxygen atoms in total. The Morgan fingerprint density at radius 1 is 0.257 bits per heavy atom. The molecule has 436 valence electrons. The molecule has 0 fully saturated rings. The summed E-state index contributed by atoms with van der Waals surface area (Å²) in [5, 5.41) is 0. The predicted octanol–water partition coefficient (Wildman–Crippen LogP) is 22.6. The lowest BCUT2D eigenvalue weighted by molar-refractivity contribution is -0.167. The van der Waals surface area contributed by atoms with Crippen molar-refractivity contribution in [1.82, 2.24) is 0 Å². The lowest BCUT2D eigenvalue weighted by Gasteiger charge is -2.18. The zero-order chi connectivity index (χ0) is 53.6. The monoisotopic (exact) mass is 1040 g/mol. The van der Waals surface area contributed by atoms with Crippen molar-refractivity contribution < 1.29 is 28.6 Å². The Labute approximate surface area is 462 Å². The van der Waals surface area contributed by atoms with E-state index in [4.69, 9.17) is 14.2 Å². The molecule has 0 aromatic carbocycles. The summed E-state index contributed by atoms with van der Waals surface area (Å²) in [5.74, 6) is -0.856. The van der Waals surface area contributed by atoms with Crippen LogP contribution in [0.2, 0.25) is 0 Å². The topological polar surface area (TPSA) is 78.9 Å². The molecule has 6 heteroatoms. The van der Waals surface area contributed by atoms with E-state index in [1.807, 2.05) is 0 Å². The summed E-state index contributed by atoms with van der Waals surface area (Å²) in [6.07, 6.45) is 76.6. The van der Waals surface area contributed by atoms with Crippen LogP contribution in [-0.2, 0) is 28.6 Å². The number of esters is 3.